The molecule has 0 bridgehead atoms. The van der Waals surface area contributed by atoms with Crippen molar-refractivity contribution in [1.82, 2.24) is 15.8 Å². The number of hydrogen-bond donors (Lipinski definition) is 2. The Morgan fingerprint density at radius 1 is 0.889 bits per heavy atom. The second-order valence-corrected chi connectivity index (χ2v) is 7.76. The van der Waals surface area contributed by atoms with Crippen molar-refractivity contribution < 1.29 is 27.2 Å². The van der Waals surface area contributed by atoms with Gasteiger partial charge in [0.25, 0.3) is 11.8 Å². The van der Waals surface area contributed by atoms with E-state index in [4.69, 9.17) is 0 Å². The lowest BCUT2D eigenvalue weighted by molar-refractivity contribution is -0.138. The maximum Gasteiger partial charge on any atom is 0.417 e. The monoisotopic (exact) mass is 491 g/mol. The van der Waals surface area contributed by atoms with Crippen LogP contribution in [0.3, 0.4) is 0 Å². The zero-order chi connectivity index (χ0) is 25.9. The number of nitrogens with zero attached hydrogens (tertiary/aromatic N) is 1. The highest BCUT2D eigenvalue weighted by atomic mass is 19.4. The Labute approximate surface area is 203 Å². The molecule has 0 saturated carbocycles. The Morgan fingerprint density at radius 3 is 2.42 bits per heavy atom. The van der Waals surface area contributed by atoms with Crippen LogP contribution in [0.5, 0.6) is 0 Å². The van der Waals surface area contributed by atoms with E-state index in [9.17, 15) is 27.2 Å². The van der Waals surface area contributed by atoms with Gasteiger partial charge in [-0.15, -0.1) is 0 Å². The highest BCUT2D eigenvalue weighted by Crippen LogP contribution is 2.32. The Kier molecular flexibility index (Phi) is 6.70. The molecule has 2 amide bonds. The lowest BCUT2D eigenvalue weighted by Crippen LogP contribution is -2.42. The van der Waals surface area contributed by atoms with Crippen molar-refractivity contribution >= 4 is 22.7 Å². The normalized spacial score (nSPS) is 10.9. The van der Waals surface area contributed by atoms with E-state index >= 15 is 0 Å². The lowest BCUT2D eigenvalue weighted by Gasteiger charge is -2.14. The van der Waals surface area contributed by atoms with Crippen molar-refractivity contribution in [2.75, 3.05) is 0 Å². The quantitative estimate of drug-likeness (QED) is 0.231. The van der Waals surface area contributed by atoms with Crippen LogP contribution in [-0.2, 0) is 6.18 Å². The number of nitrogens with one attached hydrogen (secondary N) is 2. The summed E-state index contributed by atoms with van der Waals surface area (Å²) in [5.74, 6) is 2.35. The van der Waals surface area contributed by atoms with E-state index in [-0.39, 0.29) is 5.56 Å². The molecule has 0 fully saturated rings. The van der Waals surface area contributed by atoms with E-state index < -0.39 is 34.9 Å². The summed E-state index contributed by atoms with van der Waals surface area (Å²) < 4.78 is 53.5. The summed E-state index contributed by atoms with van der Waals surface area (Å²) >= 11 is 0. The van der Waals surface area contributed by atoms with Crippen LogP contribution in [0.1, 0.15) is 43.0 Å². The number of halogens is 4. The van der Waals surface area contributed by atoms with Gasteiger partial charge in [0.15, 0.2) is 0 Å². The molecule has 180 valence electrons. The van der Waals surface area contributed by atoms with Crippen molar-refractivity contribution in [3.63, 3.8) is 0 Å². The fourth-order valence-corrected chi connectivity index (χ4v) is 3.42. The molecule has 0 radical (unpaired) electrons. The maximum absolute atomic E-state index is 14.0. The number of amides is 2. The van der Waals surface area contributed by atoms with Crippen molar-refractivity contribution in [3.8, 4) is 11.8 Å². The molecule has 0 atom stereocenters. The third kappa shape index (κ3) is 5.33. The largest absolute Gasteiger partial charge is 0.417 e. The first kappa shape index (κ1) is 24.4. The van der Waals surface area contributed by atoms with E-state index in [1.54, 1.807) is 19.2 Å². The van der Waals surface area contributed by atoms with Gasteiger partial charge < -0.3 is 0 Å². The maximum atomic E-state index is 14.0. The number of aryl methyl sites for hydroxylation is 1. The molecule has 1 aromatic heterocycles. The third-order valence-corrected chi connectivity index (χ3v) is 5.27. The van der Waals surface area contributed by atoms with Gasteiger partial charge in [-0.3, -0.25) is 25.4 Å². The van der Waals surface area contributed by atoms with Crippen LogP contribution in [0, 0.1) is 24.6 Å². The van der Waals surface area contributed by atoms with Crippen LogP contribution in [0.2, 0.25) is 0 Å². The number of carbonyl (C=O) groups is 2. The average molecular weight is 491 g/mol. The Bertz CT molecular complexity index is 1550. The molecule has 4 aromatic rings. The van der Waals surface area contributed by atoms with Gasteiger partial charge in [0.05, 0.1) is 16.6 Å². The summed E-state index contributed by atoms with van der Waals surface area (Å²) in [5, 5.41) is 0.924. The first-order chi connectivity index (χ1) is 17.1. The molecule has 9 heteroatoms. The van der Waals surface area contributed by atoms with Crippen molar-refractivity contribution in [3.05, 3.63) is 112 Å². The zero-order valence-electron chi connectivity index (χ0n) is 18.7. The molecule has 0 aliphatic heterocycles. The van der Waals surface area contributed by atoms with Crippen molar-refractivity contribution in [2.24, 2.45) is 0 Å². The molecular weight excluding hydrogens is 474 g/mol. The summed E-state index contributed by atoms with van der Waals surface area (Å²) in [7, 11) is 0. The Morgan fingerprint density at radius 2 is 1.64 bits per heavy atom. The molecular formula is C27H17F4N3O2. The summed E-state index contributed by atoms with van der Waals surface area (Å²) in [5.41, 5.74) is 4.07. The number of alkyl halides is 3. The van der Waals surface area contributed by atoms with Crippen molar-refractivity contribution in [2.45, 2.75) is 13.1 Å². The predicted octanol–water partition coefficient (Wildman–Crippen LogP) is 5.18. The molecule has 0 spiro atoms. The minimum absolute atomic E-state index is 0.0893. The van der Waals surface area contributed by atoms with Gasteiger partial charge >= 0.3 is 6.18 Å². The number of rotatable bonds is 2. The van der Waals surface area contributed by atoms with Crippen molar-refractivity contribution in [1.29, 1.82) is 0 Å². The average Bonchev–Trinajstić information content (AvgIpc) is 2.85. The zero-order valence-corrected chi connectivity index (χ0v) is 18.7. The number of pyridine rings is 1. The molecule has 2 N–H and O–H groups in total. The van der Waals surface area contributed by atoms with Gasteiger partial charge in [-0.2, -0.15) is 13.2 Å². The van der Waals surface area contributed by atoms with Crippen LogP contribution in [0.25, 0.3) is 10.9 Å². The number of hydrogen-bond acceptors (Lipinski definition) is 3. The van der Waals surface area contributed by atoms with Crippen LogP contribution in [0.4, 0.5) is 17.6 Å². The Hall–Kier alpha value is -4.71. The fraction of sp³-hybridized carbons (Fsp3) is 0.0741. The smallest absolute Gasteiger partial charge is 0.267 e. The van der Waals surface area contributed by atoms with Gasteiger partial charge in [0.2, 0.25) is 0 Å². The predicted molar refractivity (Wildman–Crippen MR) is 125 cm³/mol. The van der Waals surface area contributed by atoms with E-state index in [0.717, 1.165) is 28.6 Å². The van der Waals surface area contributed by atoms with Crippen LogP contribution in [0.15, 0.2) is 72.9 Å². The topological polar surface area (TPSA) is 71.1 Å². The van der Waals surface area contributed by atoms with Gasteiger partial charge in [-0.05, 0) is 48.9 Å². The van der Waals surface area contributed by atoms with Crippen LogP contribution < -0.4 is 10.9 Å². The van der Waals surface area contributed by atoms with Crippen LogP contribution in [-0.4, -0.2) is 16.8 Å². The second-order valence-electron chi connectivity index (χ2n) is 7.76. The van der Waals surface area contributed by atoms with Gasteiger partial charge in [0, 0.05) is 28.3 Å². The molecule has 0 aliphatic rings. The molecule has 4 rings (SSSR count). The number of hydrazine groups is 1. The number of fused-ring (bicyclic) bond motifs is 1. The third-order valence-electron chi connectivity index (χ3n) is 5.27. The standard InChI is InChI=1S/C27H17F4N3O2/c1-16-9-11-20(14-18(16)12-10-17-13-19-5-2-3-8-23(19)32-15-17)25(35)33-34-26(36)24-21(27(29,30)31)6-4-7-22(24)28/h2-9,11,13-15H,1H3,(H,33,35)(H,34,36). The molecule has 1 heterocycles. The molecule has 36 heavy (non-hydrogen) atoms. The molecule has 0 aliphatic carbocycles. The first-order valence-corrected chi connectivity index (χ1v) is 10.6. The summed E-state index contributed by atoms with van der Waals surface area (Å²) in [4.78, 5) is 29.1. The first-order valence-electron chi connectivity index (χ1n) is 10.6. The van der Waals surface area contributed by atoms with E-state index in [2.05, 4.69) is 16.8 Å². The van der Waals surface area contributed by atoms with E-state index in [1.165, 1.54) is 12.1 Å². The summed E-state index contributed by atoms with van der Waals surface area (Å²) in [6.07, 6.45) is -3.32. The Balaban J connectivity index is 1.51. The highest BCUT2D eigenvalue weighted by Gasteiger charge is 2.36. The SMILES string of the molecule is Cc1ccc(C(=O)NNC(=O)c2c(F)cccc2C(F)(F)F)cc1C#Cc1cnc2ccccc2c1. The highest BCUT2D eigenvalue weighted by molar-refractivity contribution is 6.00. The minimum atomic E-state index is -4.95. The van der Waals surface area contributed by atoms with Gasteiger partial charge in [0.1, 0.15) is 5.82 Å². The number of para-hydroxylation sites is 1. The number of aromatic nitrogens is 1. The van der Waals surface area contributed by atoms with Gasteiger partial charge in [-0.1, -0.05) is 42.2 Å². The van der Waals surface area contributed by atoms with E-state index in [0.29, 0.717) is 17.2 Å². The second kappa shape index (κ2) is 9.88. The molecule has 0 saturated heterocycles. The molecule has 0 unspecified atom stereocenters. The van der Waals surface area contributed by atoms with E-state index in [1.807, 2.05) is 41.2 Å². The molecule has 3 aromatic carbocycles. The minimum Gasteiger partial charge on any atom is -0.267 e. The number of benzene rings is 3. The molecule has 5 nitrogen and oxygen atoms in total. The lowest BCUT2D eigenvalue weighted by atomic mass is 10.0. The summed E-state index contributed by atoms with van der Waals surface area (Å²) in [6, 6.07) is 16.2. The number of carbonyl (C=O) groups excluding carboxylic acids is 2. The fourth-order valence-electron chi connectivity index (χ4n) is 3.42. The van der Waals surface area contributed by atoms with Crippen LogP contribution >= 0.6 is 0 Å². The van der Waals surface area contributed by atoms with Gasteiger partial charge in [-0.25, -0.2) is 4.39 Å². The summed E-state index contributed by atoms with van der Waals surface area (Å²) in [6.45, 7) is 1.79.